The normalized spacial score (nSPS) is 17.7. The minimum atomic E-state index is -0.820. The molecule has 0 radical (unpaired) electrons. The van der Waals surface area contributed by atoms with Gasteiger partial charge in [-0.05, 0) is 33.6 Å². The predicted octanol–water partition coefficient (Wildman–Crippen LogP) is 3.65. The minimum Gasteiger partial charge on any atom is -0.481 e. The standard InChI is InChI=1S/C15H25N3O2S/c1-15(2,3)18-13(11-8-6-4-5-7-9-11)16-17-14(18)21-10-12(19)20/h11H,4-10H2,1-3H3,(H,19,20). The lowest BCUT2D eigenvalue weighted by molar-refractivity contribution is -0.133. The molecular formula is C15H25N3O2S. The van der Waals surface area contributed by atoms with E-state index in [-0.39, 0.29) is 11.3 Å². The van der Waals surface area contributed by atoms with Gasteiger partial charge in [0.15, 0.2) is 5.16 Å². The molecule has 6 heteroatoms. The molecule has 0 spiro atoms. The van der Waals surface area contributed by atoms with Gasteiger partial charge in [-0.1, -0.05) is 37.4 Å². The number of carbonyl (C=O) groups is 1. The van der Waals surface area contributed by atoms with Gasteiger partial charge in [0.1, 0.15) is 5.82 Å². The summed E-state index contributed by atoms with van der Waals surface area (Å²) in [6.07, 6.45) is 7.44. The topological polar surface area (TPSA) is 68.0 Å². The fourth-order valence-electron chi connectivity index (χ4n) is 2.93. The fraction of sp³-hybridized carbons (Fsp3) is 0.800. The lowest BCUT2D eigenvalue weighted by atomic mass is 9.98. The van der Waals surface area contributed by atoms with Gasteiger partial charge in [0.2, 0.25) is 0 Å². The zero-order valence-corrected chi connectivity index (χ0v) is 13.9. The minimum absolute atomic E-state index is 0.0267. The molecule has 1 aliphatic rings. The summed E-state index contributed by atoms with van der Waals surface area (Å²) in [4.78, 5) is 10.8. The van der Waals surface area contributed by atoms with Gasteiger partial charge < -0.3 is 9.67 Å². The van der Waals surface area contributed by atoms with Crippen molar-refractivity contribution in [2.24, 2.45) is 0 Å². The van der Waals surface area contributed by atoms with E-state index < -0.39 is 5.97 Å². The molecule has 2 rings (SSSR count). The van der Waals surface area contributed by atoms with Crippen molar-refractivity contribution in [2.45, 2.75) is 75.9 Å². The van der Waals surface area contributed by atoms with Gasteiger partial charge in [-0.3, -0.25) is 4.79 Å². The van der Waals surface area contributed by atoms with Crippen LogP contribution in [0.25, 0.3) is 0 Å². The third-order valence-corrected chi connectivity index (χ3v) is 4.79. The number of rotatable bonds is 4. The Bertz CT molecular complexity index is 486. The van der Waals surface area contributed by atoms with Crippen LogP contribution in [0, 0.1) is 0 Å². The molecular weight excluding hydrogens is 286 g/mol. The summed E-state index contributed by atoms with van der Waals surface area (Å²) >= 11 is 1.26. The summed E-state index contributed by atoms with van der Waals surface area (Å²) in [6, 6.07) is 0. The Kier molecular flexibility index (Phi) is 5.30. The number of aliphatic carboxylic acids is 1. The van der Waals surface area contributed by atoms with Crippen molar-refractivity contribution in [3.63, 3.8) is 0 Å². The molecule has 0 atom stereocenters. The highest BCUT2D eigenvalue weighted by molar-refractivity contribution is 7.99. The maximum absolute atomic E-state index is 10.8. The van der Waals surface area contributed by atoms with Gasteiger partial charge in [0.05, 0.1) is 5.75 Å². The summed E-state index contributed by atoms with van der Waals surface area (Å²) in [5.41, 5.74) is -0.133. The van der Waals surface area contributed by atoms with Crippen molar-refractivity contribution < 1.29 is 9.90 Å². The van der Waals surface area contributed by atoms with Gasteiger partial charge in [-0.25, -0.2) is 0 Å². The van der Waals surface area contributed by atoms with Crippen LogP contribution in [-0.4, -0.2) is 31.6 Å². The maximum atomic E-state index is 10.8. The summed E-state index contributed by atoms with van der Waals surface area (Å²) in [5, 5.41) is 18.3. The first kappa shape index (κ1) is 16.3. The molecule has 1 aromatic heterocycles. The smallest absolute Gasteiger partial charge is 0.313 e. The molecule has 0 aliphatic heterocycles. The third-order valence-electron chi connectivity index (χ3n) is 3.87. The van der Waals surface area contributed by atoms with E-state index in [2.05, 4.69) is 35.5 Å². The predicted molar refractivity (Wildman–Crippen MR) is 83.8 cm³/mol. The van der Waals surface area contributed by atoms with Gasteiger partial charge in [0, 0.05) is 11.5 Å². The molecule has 1 saturated carbocycles. The monoisotopic (exact) mass is 311 g/mol. The molecule has 118 valence electrons. The van der Waals surface area contributed by atoms with Gasteiger partial charge in [-0.15, -0.1) is 10.2 Å². The Morgan fingerprint density at radius 2 is 1.86 bits per heavy atom. The largest absolute Gasteiger partial charge is 0.481 e. The first-order valence-corrected chi connectivity index (χ1v) is 8.68. The van der Waals surface area contributed by atoms with Crippen molar-refractivity contribution in [3.8, 4) is 0 Å². The van der Waals surface area contributed by atoms with Crippen molar-refractivity contribution in [1.82, 2.24) is 14.8 Å². The molecule has 21 heavy (non-hydrogen) atoms. The Morgan fingerprint density at radius 1 is 1.24 bits per heavy atom. The molecule has 0 amide bonds. The van der Waals surface area contributed by atoms with Crippen LogP contribution in [0.4, 0.5) is 0 Å². The summed E-state index contributed by atoms with van der Waals surface area (Å²) in [5.74, 6) is 0.703. The van der Waals surface area contributed by atoms with Crippen LogP contribution in [0.3, 0.4) is 0 Å². The quantitative estimate of drug-likeness (QED) is 0.679. The van der Waals surface area contributed by atoms with Gasteiger partial charge >= 0.3 is 5.97 Å². The van der Waals surface area contributed by atoms with E-state index in [0.29, 0.717) is 5.92 Å². The van der Waals surface area contributed by atoms with Crippen LogP contribution >= 0.6 is 11.8 Å². The van der Waals surface area contributed by atoms with Crippen LogP contribution in [0.2, 0.25) is 0 Å². The Labute approximate surface area is 130 Å². The summed E-state index contributed by atoms with van der Waals surface area (Å²) in [6.45, 7) is 6.38. The molecule has 1 aliphatic carbocycles. The summed E-state index contributed by atoms with van der Waals surface area (Å²) in [7, 11) is 0. The molecule has 1 aromatic rings. The molecule has 1 fully saturated rings. The molecule has 5 nitrogen and oxygen atoms in total. The number of carboxylic acids is 1. The first-order valence-electron chi connectivity index (χ1n) is 7.70. The molecule has 0 bridgehead atoms. The Morgan fingerprint density at radius 3 is 2.38 bits per heavy atom. The number of hydrogen-bond acceptors (Lipinski definition) is 4. The average Bonchev–Trinajstić information content (AvgIpc) is 2.63. The van der Waals surface area contributed by atoms with E-state index in [1.165, 1.54) is 37.4 Å². The lowest BCUT2D eigenvalue weighted by Gasteiger charge is -2.27. The van der Waals surface area contributed by atoms with Crippen LogP contribution < -0.4 is 0 Å². The maximum Gasteiger partial charge on any atom is 0.313 e. The van der Waals surface area contributed by atoms with Crippen LogP contribution in [0.15, 0.2) is 5.16 Å². The summed E-state index contributed by atoms with van der Waals surface area (Å²) < 4.78 is 2.15. The van der Waals surface area contributed by atoms with Crippen LogP contribution in [0.1, 0.15) is 71.0 Å². The van der Waals surface area contributed by atoms with Crippen molar-refractivity contribution >= 4 is 17.7 Å². The lowest BCUT2D eigenvalue weighted by Crippen LogP contribution is -2.26. The van der Waals surface area contributed by atoms with E-state index in [9.17, 15) is 4.79 Å². The number of carboxylic acid groups (broad SMARTS) is 1. The van der Waals surface area contributed by atoms with E-state index >= 15 is 0 Å². The van der Waals surface area contributed by atoms with Crippen molar-refractivity contribution in [1.29, 1.82) is 0 Å². The number of nitrogens with zero attached hydrogens (tertiary/aromatic N) is 3. The highest BCUT2D eigenvalue weighted by atomic mass is 32.2. The van der Waals surface area contributed by atoms with E-state index in [1.54, 1.807) is 0 Å². The Balaban J connectivity index is 2.29. The molecule has 1 heterocycles. The average molecular weight is 311 g/mol. The zero-order chi connectivity index (χ0) is 15.5. The fourth-order valence-corrected chi connectivity index (χ4v) is 3.78. The van der Waals surface area contributed by atoms with E-state index in [0.717, 1.165) is 23.8 Å². The highest BCUT2D eigenvalue weighted by Gasteiger charge is 2.28. The van der Waals surface area contributed by atoms with E-state index in [1.807, 2.05) is 0 Å². The second-order valence-electron chi connectivity index (χ2n) is 6.72. The number of hydrogen-bond donors (Lipinski definition) is 1. The van der Waals surface area contributed by atoms with Gasteiger partial charge in [-0.2, -0.15) is 0 Å². The zero-order valence-electron chi connectivity index (χ0n) is 13.1. The van der Waals surface area contributed by atoms with Crippen molar-refractivity contribution in [3.05, 3.63) is 5.82 Å². The van der Waals surface area contributed by atoms with Crippen LogP contribution in [-0.2, 0) is 10.3 Å². The Hall–Kier alpha value is -1.04. The first-order chi connectivity index (χ1) is 9.89. The number of aromatic nitrogens is 3. The second-order valence-corrected chi connectivity index (χ2v) is 7.66. The van der Waals surface area contributed by atoms with Crippen molar-refractivity contribution in [2.75, 3.05) is 5.75 Å². The SMILES string of the molecule is CC(C)(C)n1c(SCC(=O)O)nnc1C1CCCCCC1. The number of thioether (sulfide) groups is 1. The third kappa shape index (κ3) is 4.22. The van der Waals surface area contributed by atoms with Crippen LogP contribution in [0.5, 0.6) is 0 Å². The molecule has 0 unspecified atom stereocenters. The molecule has 0 saturated heterocycles. The molecule has 1 N–H and O–H groups in total. The van der Waals surface area contributed by atoms with Gasteiger partial charge in [0.25, 0.3) is 0 Å². The van der Waals surface area contributed by atoms with E-state index in [4.69, 9.17) is 5.11 Å². The second kappa shape index (κ2) is 6.81. The highest BCUT2D eigenvalue weighted by Crippen LogP contribution is 2.35. The molecule has 0 aromatic carbocycles.